The topological polar surface area (TPSA) is 47.3 Å². The third kappa shape index (κ3) is 2.49. The van der Waals surface area contributed by atoms with Gasteiger partial charge < -0.3 is 14.5 Å². The molecule has 2 aromatic rings. The number of nitrogens with zero attached hydrogens (tertiary/aromatic N) is 1. The van der Waals surface area contributed by atoms with E-state index in [2.05, 4.69) is 10.3 Å². The molecule has 0 bridgehead atoms. The fraction of sp³-hybridized carbons (Fsp3) is 0.400. The largest absolute Gasteiger partial charge is 0.496 e. The zero-order chi connectivity index (χ0) is 13.1. The lowest BCUT2D eigenvalue weighted by Crippen LogP contribution is -2.26. The monoisotopic (exact) mass is 258 g/mol. The smallest absolute Gasteiger partial charge is 0.230 e. The maximum Gasteiger partial charge on any atom is 0.230 e. The highest BCUT2D eigenvalue weighted by Gasteiger charge is 2.20. The average molecular weight is 258 g/mol. The van der Waals surface area contributed by atoms with Crippen molar-refractivity contribution in [1.29, 1.82) is 0 Å². The van der Waals surface area contributed by atoms with E-state index >= 15 is 0 Å². The maximum atomic E-state index is 5.90. The van der Waals surface area contributed by atoms with E-state index in [-0.39, 0.29) is 0 Å². The summed E-state index contributed by atoms with van der Waals surface area (Å²) >= 11 is 0. The van der Waals surface area contributed by atoms with E-state index in [9.17, 15) is 0 Å². The van der Waals surface area contributed by atoms with Crippen LogP contribution >= 0.6 is 0 Å². The van der Waals surface area contributed by atoms with Crippen LogP contribution in [0.3, 0.4) is 0 Å². The van der Waals surface area contributed by atoms with Gasteiger partial charge in [-0.15, -0.1) is 0 Å². The Bertz CT molecular complexity index is 545. The molecule has 3 rings (SSSR count). The summed E-state index contributed by atoms with van der Waals surface area (Å²) in [6.07, 6.45) is 5.41. The van der Waals surface area contributed by atoms with Crippen molar-refractivity contribution in [2.45, 2.75) is 25.3 Å². The first-order chi connectivity index (χ1) is 9.38. The Kier molecular flexibility index (Phi) is 3.51. The normalized spacial score (nSPS) is 19.3. The first kappa shape index (κ1) is 12.2. The fourth-order valence-corrected chi connectivity index (χ4v) is 2.49. The number of aromatic nitrogens is 1. The molecule has 0 aliphatic carbocycles. The van der Waals surface area contributed by atoms with Crippen LogP contribution in [-0.4, -0.2) is 18.6 Å². The van der Waals surface area contributed by atoms with Crippen LogP contribution in [0.4, 0.5) is 0 Å². The Morgan fingerprint density at radius 1 is 1.32 bits per heavy atom. The molecule has 0 saturated carbocycles. The Morgan fingerprint density at radius 2 is 2.21 bits per heavy atom. The zero-order valence-electron chi connectivity index (χ0n) is 11.1. The summed E-state index contributed by atoms with van der Waals surface area (Å²) in [7, 11) is 1.66. The van der Waals surface area contributed by atoms with Gasteiger partial charge in [0.15, 0.2) is 0 Å². The third-order valence-electron chi connectivity index (χ3n) is 3.51. The van der Waals surface area contributed by atoms with Crippen LogP contribution in [0.5, 0.6) is 5.75 Å². The first-order valence-corrected chi connectivity index (χ1v) is 6.71. The molecule has 1 unspecified atom stereocenters. The van der Waals surface area contributed by atoms with Crippen molar-refractivity contribution < 1.29 is 9.15 Å². The quantitative estimate of drug-likeness (QED) is 0.918. The summed E-state index contributed by atoms with van der Waals surface area (Å²) in [5, 5.41) is 3.46. The number of hydrogen-bond donors (Lipinski definition) is 1. The summed E-state index contributed by atoms with van der Waals surface area (Å²) in [6.45, 7) is 1.05. The molecule has 100 valence electrons. The number of para-hydroxylation sites is 1. The molecule has 1 fully saturated rings. The number of piperidine rings is 1. The first-order valence-electron chi connectivity index (χ1n) is 6.71. The van der Waals surface area contributed by atoms with Crippen molar-refractivity contribution in [1.82, 2.24) is 10.3 Å². The predicted octanol–water partition coefficient (Wildman–Crippen LogP) is 3.16. The molecule has 1 N–H and O–H groups in total. The van der Waals surface area contributed by atoms with E-state index in [1.807, 2.05) is 30.5 Å². The number of methoxy groups -OCH3 is 1. The van der Waals surface area contributed by atoms with Crippen LogP contribution in [-0.2, 0) is 0 Å². The van der Waals surface area contributed by atoms with E-state index in [1.54, 1.807) is 7.11 Å². The predicted molar refractivity (Wildman–Crippen MR) is 73.1 cm³/mol. The number of benzene rings is 1. The zero-order valence-corrected chi connectivity index (χ0v) is 11.1. The maximum absolute atomic E-state index is 5.90. The number of oxazole rings is 1. The van der Waals surface area contributed by atoms with Crippen LogP contribution in [0, 0.1) is 0 Å². The van der Waals surface area contributed by atoms with E-state index < -0.39 is 0 Å². The molecule has 1 saturated heterocycles. The minimum Gasteiger partial charge on any atom is -0.496 e. The minimum atomic E-state index is 0.296. The number of nitrogens with one attached hydrogen (secondary N) is 1. The van der Waals surface area contributed by atoms with E-state index in [1.165, 1.54) is 12.8 Å². The molecule has 0 amide bonds. The van der Waals surface area contributed by atoms with Gasteiger partial charge in [0, 0.05) is 0 Å². The van der Waals surface area contributed by atoms with Crippen LogP contribution in [0.2, 0.25) is 0 Å². The average Bonchev–Trinajstić information content (AvgIpc) is 2.98. The molecule has 2 heterocycles. The summed E-state index contributed by atoms with van der Waals surface area (Å²) in [6, 6.07) is 8.07. The molecule has 1 aromatic heterocycles. The second-order valence-corrected chi connectivity index (χ2v) is 4.77. The molecule has 1 aromatic carbocycles. The summed E-state index contributed by atoms with van der Waals surface area (Å²) < 4.78 is 11.2. The molecule has 19 heavy (non-hydrogen) atoms. The van der Waals surface area contributed by atoms with Gasteiger partial charge in [-0.05, 0) is 31.5 Å². The highest BCUT2D eigenvalue weighted by Crippen LogP contribution is 2.31. The Hall–Kier alpha value is -1.81. The lowest BCUT2D eigenvalue weighted by molar-refractivity contribution is 0.351. The van der Waals surface area contributed by atoms with Gasteiger partial charge >= 0.3 is 0 Å². The number of hydrogen-bond acceptors (Lipinski definition) is 4. The number of rotatable bonds is 3. The Balaban J connectivity index is 1.88. The van der Waals surface area contributed by atoms with Crippen molar-refractivity contribution in [2.24, 2.45) is 0 Å². The summed E-state index contributed by atoms with van der Waals surface area (Å²) in [5.41, 5.74) is 0.895. The van der Waals surface area contributed by atoms with E-state index in [0.717, 1.165) is 30.0 Å². The van der Waals surface area contributed by atoms with Crippen molar-refractivity contribution in [3.8, 4) is 17.2 Å². The van der Waals surface area contributed by atoms with Crippen LogP contribution < -0.4 is 10.1 Å². The lowest BCUT2D eigenvalue weighted by Gasteiger charge is -2.20. The van der Waals surface area contributed by atoms with Crippen molar-refractivity contribution in [2.75, 3.05) is 13.7 Å². The third-order valence-corrected chi connectivity index (χ3v) is 3.51. The van der Waals surface area contributed by atoms with Gasteiger partial charge in [0.2, 0.25) is 5.89 Å². The van der Waals surface area contributed by atoms with Crippen LogP contribution in [0.15, 0.2) is 34.9 Å². The van der Waals surface area contributed by atoms with Crippen molar-refractivity contribution in [3.05, 3.63) is 36.2 Å². The van der Waals surface area contributed by atoms with Crippen molar-refractivity contribution in [3.63, 3.8) is 0 Å². The molecule has 4 heteroatoms. The fourth-order valence-electron chi connectivity index (χ4n) is 2.49. The molecule has 1 aliphatic heterocycles. The van der Waals surface area contributed by atoms with Crippen LogP contribution in [0.25, 0.3) is 11.5 Å². The molecule has 1 atom stereocenters. The Labute approximate surface area is 112 Å². The number of ether oxygens (including phenoxy) is 1. The molecule has 0 radical (unpaired) electrons. The highest BCUT2D eigenvalue weighted by molar-refractivity contribution is 5.62. The lowest BCUT2D eigenvalue weighted by atomic mass is 10.0. The second-order valence-electron chi connectivity index (χ2n) is 4.77. The SMILES string of the molecule is COc1ccccc1-c1ncc(C2CCCCN2)o1. The van der Waals surface area contributed by atoms with E-state index in [4.69, 9.17) is 9.15 Å². The molecule has 1 aliphatic rings. The second kappa shape index (κ2) is 5.45. The van der Waals surface area contributed by atoms with Gasteiger partial charge in [-0.25, -0.2) is 4.98 Å². The van der Waals surface area contributed by atoms with Gasteiger partial charge in [0.25, 0.3) is 0 Å². The van der Waals surface area contributed by atoms with Gasteiger partial charge in [0.05, 0.1) is 24.9 Å². The van der Waals surface area contributed by atoms with Gasteiger partial charge in [-0.3, -0.25) is 0 Å². The summed E-state index contributed by atoms with van der Waals surface area (Å²) in [4.78, 5) is 4.38. The molecular formula is C15H18N2O2. The molecular weight excluding hydrogens is 240 g/mol. The van der Waals surface area contributed by atoms with Crippen molar-refractivity contribution >= 4 is 0 Å². The van der Waals surface area contributed by atoms with Crippen LogP contribution in [0.1, 0.15) is 31.1 Å². The van der Waals surface area contributed by atoms with Gasteiger partial charge in [-0.2, -0.15) is 0 Å². The van der Waals surface area contributed by atoms with Gasteiger partial charge in [0.1, 0.15) is 11.5 Å². The highest BCUT2D eigenvalue weighted by atomic mass is 16.5. The Morgan fingerprint density at radius 3 is 3.00 bits per heavy atom. The van der Waals surface area contributed by atoms with Gasteiger partial charge in [-0.1, -0.05) is 18.6 Å². The molecule has 4 nitrogen and oxygen atoms in total. The minimum absolute atomic E-state index is 0.296. The van der Waals surface area contributed by atoms with E-state index in [0.29, 0.717) is 11.9 Å². The standard InChI is InChI=1S/C15H18N2O2/c1-18-13-8-3-2-6-11(13)15-17-10-14(19-15)12-7-4-5-9-16-12/h2-3,6,8,10,12,16H,4-5,7,9H2,1H3. The molecule has 0 spiro atoms. The summed E-state index contributed by atoms with van der Waals surface area (Å²) in [5.74, 6) is 2.33.